The molecule has 30 heavy (non-hydrogen) atoms. The van der Waals surface area contributed by atoms with Crippen LogP contribution in [0.15, 0.2) is 40.4 Å². The zero-order valence-electron chi connectivity index (χ0n) is 16.1. The van der Waals surface area contributed by atoms with E-state index in [0.717, 1.165) is 43.2 Å². The van der Waals surface area contributed by atoms with Crippen LogP contribution in [0.5, 0.6) is 0 Å². The Morgan fingerprint density at radius 3 is 2.43 bits per heavy atom. The van der Waals surface area contributed by atoms with Crippen molar-refractivity contribution in [2.75, 3.05) is 18.4 Å². The molecule has 1 fully saturated rings. The van der Waals surface area contributed by atoms with Gasteiger partial charge >= 0.3 is 0 Å². The number of hydrogen-bond acceptors (Lipinski definition) is 5. The summed E-state index contributed by atoms with van der Waals surface area (Å²) in [5.41, 5.74) is -0.470. The largest absolute Gasteiger partial charge is 0.323 e. The molecular formula is C19H20F3N3O3S2. The number of aromatic nitrogens is 1. The highest BCUT2D eigenvalue weighted by atomic mass is 32.2. The number of carbonyl (C=O) groups excluding carboxylic acids is 1. The van der Waals surface area contributed by atoms with Crippen LogP contribution in [0.25, 0.3) is 0 Å². The van der Waals surface area contributed by atoms with Crippen LogP contribution in [0.1, 0.15) is 26.2 Å². The number of nitrogens with zero attached hydrogens (tertiary/aromatic N) is 2. The van der Waals surface area contributed by atoms with Crippen LogP contribution in [-0.4, -0.2) is 42.0 Å². The number of benzene rings is 1. The van der Waals surface area contributed by atoms with Gasteiger partial charge < -0.3 is 5.32 Å². The number of carbonyl (C=O) groups is 1. The van der Waals surface area contributed by atoms with Gasteiger partial charge in [0.25, 0.3) is 0 Å². The molecule has 1 aliphatic heterocycles. The number of nitrogens with one attached hydrogen (secondary N) is 1. The lowest BCUT2D eigenvalue weighted by Gasteiger charge is -2.25. The molecule has 2 aromatic rings. The average Bonchev–Trinajstić information content (AvgIpc) is 2.75. The van der Waals surface area contributed by atoms with Crippen LogP contribution in [0.4, 0.5) is 18.9 Å². The van der Waals surface area contributed by atoms with Crippen LogP contribution in [0.3, 0.4) is 0 Å². The van der Waals surface area contributed by atoms with Gasteiger partial charge in [-0.3, -0.25) is 4.79 Å². The fourth-order valence-corrected chi connectivity index (χ4v) is 5.19. The van der Waals surface area contributed by atoms with Gasteiger partial charge in [-0.2, -0.15) is 4.31 Å². The summed E-state index contributed by atoms with van der Waals surface area (Å²) in [4.78, 5) is 16.4. The second-order valence-electron chi connectivity index (χ2n) is 6.77. The Labute approximate surface area is 176 Å². The number of hydrogen-bond donors (Lipinski definition) is 1. The molecule has 162 valence electrons. The van der Waals surface area contributed by atoms with E-state index < -0.39 is 44.3 Å². The molecule has 1 N–H and O–H groups in total. The molecule has 0 spiro atoms. The predicted molar refractivity (Wildman–Crippen MR) is 107 cm³/mol. The average molecular weight is 460 g/mol. The number of amides is 1. The molecule has 11 heteroatoms. The van der Waals surface area contributed by atoms with Crippen LogP contribution < -0.4 is 5.32 Å². The van der Waals surface area contributed by atoms with Crippen molar-refractivity contribution in [2.24, 2.45) is 0 Å². The van der Waals surface area contributed by atoms with E-state index in [2.05, 4.69) is 10.3 Å². The molecule has 6 nitrogen and oxygen atoms in total. The minimum Gasteiger partial charge on any atom is -0.323 e. The first-order chi connectivity index (χ1) is 14.2. The monoisotopic (exact) mass is 459 g/mol. The van der Waals surface area contributed by atoms with Crippen molar-refractivity contribution in [3.63, 3.8) is 0 Å². The van der Waals surface area contributed by atoms with Gasteiger partial charge in [0.1, 0.15) is 4.90 Å². The highest BCUT2D eigenvalue weighted by molar-refractivity contribution is 8.00. The third kappa shape index (κ3) is 4.96. The lowest BCUT2D eigenvalue weighted by Crippen LogP contribution is -2.35. The number of thioether (sulfide) groups is 1. The summed E-state index contributed by atoms with van der Waals surface area (Å²) in [5, 5.41) is 1.84. The topological polar surface area (TPSA) is 79.4 Å². The van der Waals surface area contributed by atoms with Gasteiger partial charge in [0.15, 0.2) is 17.5 Å². The summed E-state index contributed by atoms with van der Waals surface area (Å²) in [5.74, 6) is -5.14. The van der Waals surface area contributed by atoms with Gasteiger partial charge in [0.2, 0.25) is 15.9 Å². The zero-order chi connectivity index (χ0) is 21.9. The Hall–Kier alpha value is -2.11. The molecular weight excluding hydrogens is 439 g/mol. The van der Waals surface area contributed by atoms with E-state index in [9.17, 15) is 26.4 Å². The summed E-state index contributed by atoms with van der Waals surface area (Å²) >= 11 is 1.02. The Balaban J connectivity index is 1.65. The van der Waals surface area contributed by atoms with Crippen molar-refractivity contribution < 1.29 is 26.4 Å². The van der Waals surface area contributed by atoms with E-state index in [0.29, 0.717) is 18.1 Å². The second-order valence-corrected chi connectivity index (χ2v) is 10.1. The number of piperidine rings is 1. The molecule has 0 saturated carbocycles. The maximum Gasteiger partial charge on any atom is 0.244 e. The summed E-state index contributed by atoms with van der Waals surface area (Å²) < 4.78 is 66.7. The number of pyridine rings is 1. The van der Waals surface area contributed by atoms with Crippen molar-refractivity contribution >= 4 is 33.4 Å². The summed E-state index contributed by atoms with van der Waals surface area (Å²) in [6.45, 7) is 2.49. The zero-order valence-corrected chi connectivity index (χ0v) is 17.7. The highest BCUT2D eigenvalue weighted by Crippen LogP contribution is 2.26. The lowest BCUT2D eigenvalue weighted by atomic mass is 10.2. The Bertz CT molecular complexity index is 1030. The molecule has 1 saturated heterocycles. The standard InChI is InChI=1S/C19H20F3N3O3S2/c1-12(19(26)24-15-7-6-14(20)17(21)18(15)22)29-16-8-5-13(11-23-16)30(27,28)25-9-3-2-4-10-25/h5-8,11-12H,2-4,9-10H2,1H3,(H,24,26)/t12-/m0/s1. The summed E-state index contributed by atoms with van der Waals surface area (Å²) in [6, 6.07) is 4.57. The van der Waals surface area contributed by atoms with Gasteiger partial charge in [-0.25, -0.2) is 26.6 Å². The van der Waals surface area contributed by atoms with Crippen molar-refractivity contribution in [3.8, 4) is 0 Å². The number of sulfonamides is 1. The normalized spacial score (nSPS) is 16.3. The van der Waals surface area contributed by atoms with Crippen LogP contribution >= 0.6 is 11.8 Å². The summed E-state index contributed by atoms with van der Waals surface area (Å²) in [6.07, 6.45) is 3.90. The minimum atomic E-state index is -3.60. The Kier molecular flexibility index (Phi) is 7.04. The van der Waals surface area contributed by atoms with Gasteiger partial charge in [-0.1, -0.05) is 18.2 Å². The fraction of sp³-hybridized carbons (Fsp3) is 0.368. The van der Waals surface area contributed by atoms with Crippen molar-refractivity contribution in [1.29, 1.82) is 0 Å². The molecule has 3 rings (SSSR count). The van der Waals surface area contributed by atoms with E-state index in [1.165, 1.54) is 29.6 Å². The Morgan fingerprint density at radius 2 is 1.80 bits per heavy atom. The fourth-order valence-electron chi connectivity index (χ4n) is 2.93. The quantitative estimate of drug-likeness (QED) is 0.525. The molecule has 0 radical (unpaired) electrons. The van der Waals surface area contributed by atoms with Crippen molar-refractivity contribution in [3.05, 3.63) is 47.9 Å². The molecule has 1 atom stereocenters. The number of anilines is 1. The van der Waals surface area contributed by atoms with Crippen LogP contribution in [-0.2, 0) is 14.8 Å². The van der Waals surface area contributed by atoms with E-state index in [1.54, 1.807) is 0 Å². The summed E-state index contributed by atoms with van der Waals surface area (Å²) in [7, 11) is -3.60. The minimum absolute atomic E-state index is 0.0784. The number of rotatable bonds is 6. The van der Waals surface area contributed by atoms with E-state index in [4.69, 9.17) is 0 Å². The Morgan fingerprint density at radius 1 is 1.10 bits per heavy atom. The second kappa shape index (κ2) is 9.36. The predicted octanol–water partition coefficient (Wildman–Crippen LogP) is 3.79. The first-order valence-corrected chi connectivity index (χ1v) is 11.6. The molecule has 2 heterocycles. The van der Waals surface area contributed by atoms with Crippen molar-refractivity contribution in [1.82, 2.24) is 9.29 Å². The smallest absolute Gasteiger partial charge is 0.244 e. The highest BCUT2D eigenvalue weighted by Gasteiger charge is 2.26. The molecule has 0 aliphatic carbocycles. The van der Waals surface area contributed by atoms with Gasteiger partial charge in [0, 0.05) is 19.3 Å². The molecule has 0 unspecified atom stereocenters. The third-order valence-electron chi connectivity index (χ3n) is 4.62. The maximum absolute atomic E-state index is 13.7. The first kappa shape index (κ1) is 22.6. The third-order valence-corrected chi connectivity index (χ3v) is 7.55. The van der Waals surface area contributed by atoms with Crippen LogP contribution in [0, 0.1) is 17.5 Å². The molecule has 1 aliphatic rings. The maximum atomic E-state index is 13.7. The molecule has 1 aromatic heterocycles. The van der Waals surface area contributed by atoms with Gasteiger partial charge in [-0.05, 0) is 44.0 Å². The van der Waals surface area contributed by atoms with E-state index in [-0.39, 0.29) is 4.90 Å². The molecule has 0 bridgehead atoms. The van der Waals surface area contributed by atoms with E-state index in [1.807, 2.05) is 0 Å². The first-order valence-electron chi connectivity index (χ1n) is 9.27. The molecule has 1 amide bonds. The van der Waals surface area contributed by atoms with E-state index >= 15 is 0 Å². The lowest BCUT2D eigenvalue weighted by molar-refractivity contribution is -0.115. The van der Waals surface area contributed by atoms with Crippen LogP contribution in [0.2, 0.25) is 0 Å². The SMILES string of the molecule is C[C@H](Sc1ccc(S(=O)(=O)N2CCCCC2)cn1)C(=O)Nc1ccc(F)c(F)c1F. The van der Waals surface area contributed by atoms with Crippen molar-refractivity contribution in [2.45, 2.75) is 41.4 Å². The van der Waals surface area contributed by atoms with Gasteiger partial charge in [0.05, 0.1) is 16.0 Å². The van der Waals surface area contributed by atoms with Gasteiger partial charge in [-0.15, -0.1) is 0 Å². The number of halogens is 3. The molecule has 1 aromatic carbocycles.